The Morgan fingerprint density at radius 2 is 1.89 bits per heavy atom. The molecular weight excluding hydrogens is 322 g/mol. The van der Waals surface area contributed by atoms with Gasteiger partial charge < -0.3 is 9.84 Å². The van der Waals surface area contributed by atoms with Crippen LogP contribution < -0.4 is 4.74 Å². The number of ether oxygens (including phenoxy) is 1. The van der Waals surface area contributed by atoms with Crippen molar-refractivity contribution in [3.63, 3.8) is 0 Å². The SMILES string of the molecule is O=C(O)c1c(F)cccc1Oc1ccc(Br)c(F)c1. The highest BCUT2D eigenvalue weighted by atomic mass is 79.9. The molecule has 0 spiro atoms. The second kappa shape index (κ2) is 5.36. The van der Waals surface area contributed by atoms with Crippen LogP contribution in [0.15, 0.2) is 40.9 Å². The van der Waals surface area contributed by atoms with E-state index in [0.717, 1.165) is 12.1 Å². The lowest BCUT2D eigenvalue weighted by Crippen LogP contribution is -2.03. The summed E-state index contributed by atoms with van der Waals surface area (Å²) in [5.74, 6) is -3.04. The van der Waals surface area contributed by atoms with E-state index in [9.17, 15) is 13.6 Å². The minimum Gasteiger partial charge on any atom is -0.477 e. The van der Waals surface area contributed by atoms with E-state index < -0.39 is 23.2 Å². The first-order valence-electron chi connectivity index (χ1n) is 5.13. The van der Waals surface area contributed by atoms with Gasteiger partial charge in [0.2, 0.25) is 0 Å². The Morgan fingerprint density at radius 3 is 2.53 bits per heavy atom. The molecule has 98 valence electrons. The second-order valence-corrected chi connectivity index (χ2v) is 4.45. The van der Waals surface area contributed by atoms with Crippen LogP contribution in [0.2, 0.25) is 0 Å². The summed E-state index contributed by atoms with van der Waals surface area (Å²) in [7, 11) is 0. The van der Waals surface area contributed by atoms with E-state index in [2.05, 4.69) is 15.9 Å². The van der Waals surface area contributed by atoms with Crippen LogP contribution >= 0.6 is 15.9 Å². The molecule has 2 aromatic rings. The lowest BCUT2D eigenvalue weighted by atomic mass is 10.2. The predicted octanol–water partition coefficient (Wildman–Crippen LogP) is 4.22. The lowest BCUT2D eigenvalue weighted by Gasteiger charge is -2.09. The average molecular weight is 329 g/mol. The number of carboxylic acid groups (broad SMARTS) is 1. The fourth-order valence-electron chi connectivity index (χ4n) is 1.46. The van der Waals surface area contributed by atoms with E-state index in [4.69, 9.17) is 9.84 Å². The number of benzene rings is 2. The molecule has 0 aliphatic carbocycles. The average Bonchev–Trinajstić information content (AvgIpc) is 2.33. The molecule has 2 aromatic carbocycles. The van der Waals surface area contributed by atoms with Gasteiger partial charge in [0.25, 0.3) is 0 Å². The Morgan fingerprint density at radius 1 is 1.16 bits per heavy atom. The van der Waals surface area contributed by atoms with Gasteiger partial charge in [-0.15, -0.1) is 0 Å². The van der Waals surface area contributed by atoms with E-state index in [1.54, 1.807) is 0 Å². The topological polar surface area (TPSA) is 46.5 Å². The fraction of sp³-hybridized carbons (Fsp3) is 0. The smallest absolute Gasteiger partial charge is 0.342 e. The number of aromatic carboxylic acids is 1. The summed E-state index contributed by atoms with van der Waals surface area (Å²) in [5, 5.41) is 8.92. The number of carboxylic acids is 1. The van der Waals surface area contributed by atoms with Crippen LogP contribution in [0.1, 0.15) is 10.4 Å². The molecule has 2 rings (SSSR count). The summed E-state index contributed by atoms with van der Waals surface area (Å²) in [6.45, 7) is 0. The molecule has 0 bridgehead atoms. The molecule has 0 fully saturated rings. The van der Waals surface area contributed by atoms with Crippen LogP contribution in [0.5, 0.6) is 11.5 Å². The molecule has 0 aliphatic rings. The third-order valence-electron chi connectivity index (χ3n) is 2.31. The van der Waals surface area contributed by atoms with Crippen molar-refractivity contribution in [3.05, 3.63) is 58.1 Å². The first kappa shape index (κ1) is 13.5. The van der Waals surface area contributed by atoms with Crippen molar-refractivity contribution in [2.75, 3.05) is 0 Å². The maximum Gasteiger partial charge on any atom is 0.342 e. The highest BCUT2D eigenvalue weighted by Gasteiger charge is 2.17. The van der Waals surface area contributed by atoms with E-state index in [0.29, 0.717) is 0 Å². The van der Waals surface area contributed by atoms with Crippen molar-refractivity contribution in [3.8, 4) is 11.5 Å². The fourth-order valence-corrected chi connectivity index (χ4v) is 1.71. The van der Waals surface area contributed by atoms with Gasteiger partial charge in [-0.25, -0.2) is 13.6 Å². The standard InChI is InChI=1S/C13H7BrF2O3/c14-8-5-4-7(6-10(8)16)19-11-3-1-2-9(15)12(11)13(17)18/h1-6H,(H,17,18). The molecule has 0 aliphatic heterocycles. The summed E-state index contributed by atoms with van der Waals surface area (Å²) >= 11 is 2.98. The van der Waals surface area contributed by atoms with Gasteiger partial charge in [0.05, 0.1) is 4.47 Å². The Balaban J connectivity index is 2.40. The van der Waals surface area contributed by atoms with Gasteiger partial charge in [0.15, 0.2) is 0 Å². The number of hydrogen-bond donors (Lipinski definition) is 1. The van der Waals surface area contributed by atoms with Crippen molar-refractivity contribution in [2.45, 2.75) is 0 Å². The molecule has 0 radical (unpaired) electrons. The minimum atomic E-state index is -1.45. The molecule has 0 aromatic heterocycles. The van der Waals surface area contributed by atoms with Crippen LogP contribution in [-0.2, 0) is 0 Å². The van der Waals surface area contributed by atoms with Gasteiger partial charge >= 0.3 is 5.97 Å². The maximum atomic E-state index is 13.4. The third-order valence-corrected chi connectivity index (χ3v) is 2.95. The van der Waals surface area contributed by atoms with Gasteiger partial charge in [0, 0.05) is 6.07 Å². The molecule has 1 N–H and O–H groups in total. The molecule has 0 heterocycles. The van der Waals surface area contributed by atoms with Gasteiger partial charge in [-0.3, -0.25) is 0 Å². The van der Waals surface area contributed by atoms with Crippen LogP contribution in [-0.4, -0.2) is 11.1 Å². The summed E-state index contributed by atoms with van der Waals surface area (Å²) in [5.41, 5.74) is -0.592. The van der Waals surface area contributed by atoms with Gasteiger partial charge in [0.1, 0.15) is 28.7 Å². The van der Waals surface area contributed by atoms with E-state index in [1.165, 1.54) is 24.3 Å². The molecule has 19 heavy (non-hydrogen) atoms. The molecule has 0 atom stereocenters. The number of carbonyl (C=O) groups is 1. The Bertz CT molecular complexity index is 644. The first-order chi connectivity index (χ1) is 8.99. The highest BCUT2D eigenvalue weighted by molar-refractivity contribution is 9.10. The molecular formula is C13H7BrF2O3. The third kappa shape index (κ3) is 2.90. The minimum absolute atomic E-state index is 0.0776. The number of rotatable bonds is 3. The van der Waals surface area contributed by atoms with Gasteiger partial charge in [-0.2, -0.15) is 0 Å². The van der Waals surface area contributed by atoms with Gasteiger partial charge in [-0.05, 0) is 40.2 Å². The molecule has 0 saturated heterocycles. The van der Waals surface area contributed by atoms with E-state index in [1.807, 2.05) is 0 Å². The zero-order valence-corrected chi connectivity index (χ0v) is 10.9. The summed E-state index contributed by atoms with van der Waals surface area (Å²) < 4.78 is 32.2. The highest BCUT2D eigenvalue weighted by Crippen LogP contribution is 2.29. The second-order valence-electron chi connectivity index (χ2n) is 3.60. The maximum absolute atomic E-state index is 13.4. The van der Waals surface area contributed by atoms with Crippen molar-refractivity contribution >= 4 is 21.9 Å². The molecule has 0 amide bonds. The quantitative estimate of drug-likeness (QED) is 0.917. The predicted molar refractivity (Wildman–Crippen MR) is 67.5 cm³/mol. The van der Waals surface area contributed by atoms with E-state index in [-0.39, 0.29) is 16.0 Å². The van der Waals surface area contributed by atoms with Crippen molar-refractivity contribution < 1.29 is 23.4 Å². The van der Waals surface area contributed by atoms with Crippen LogP contribution in [0.25, 0.3) is 0 Å². The van der Waals surface area contributed by atoms with Crippen molar-refractivity contribution in [1.82, 2.24) is 0 Å². The van der Waals surface area contributed by atoms with E-state index >= 15 is 0 Å². The molecule has 0 unspecified atom stereocenters. The largest absolute Gasteiger partial charge is 0.477 e. The van der Waals surface area contributed by atoms with Crippen molar-refractivity contribution in [1.29, 1.82) is 0 Å². The Kier molecular flexibility index (Phi) is 3.80. The number of hydrogen-bond acceptors (Lipinski definition) is 2. The normalized spacial score (nSPS) is 10.3. The van der Waals surface area contributed by atoms with Crippen LogP contribution in [0.4, 0.5) is 8.78 Å². The monoisotopic (exact) mass is 328 g/mol. The Labute approximate surface area is 115 Å². The zero-order chi connectivity index (χ0) is 14.0. The lowest BCUT2D eigenvalue weighted by molar-refractivity contribution is 0.0689. The summed E-state index contributed by atoms with van der Waals surface area (Å²) in [4.78, 5) is 11.0. The summed E-state index contributed by atoms with van der Waals surface area (Å²) in [6, 6.07) is 7.53. The number of halogens is 3. The summed E-state index contributed by atoms with van der Waals surface area (Å²) in [6.07, 6.45) is 0. The van der Waals surface area contributed by atoms with Gasteiger partial charge in [-0.1, -0.05) is 6.07 Å². The zero-order valence-electron chi connectivity index (χ0n) is 9.36. The molecule has 3 nitrogen and oxygen atoms in total. The van der Waals surface area contributed by atoms with Crippen LogP contribution in [0.3, 0.4) is 0 Å². The first-order valence-corrected chi connectivity index (χ1v) is 5.93. The van der Waals surface area contributed by atoms with Crippen molar-refractivity contribution in [2.24, 2.45) is 0 Å². The molecule has 0 saturated carbocycles. The van der Waals surface area contributed by atoms with Crippen LogP contribution in [0, 0.1) is 11.6 Å². The Hall–Kier alpha value is -1.95. The molecule has 6 heteroatoms.